The summed E-state index contributed by atoms with van der Waals surface area (Å²) in [7, 11) is 3.91. The Morgan fingerprint density at radius 1 is 1.29 bits per heavy atom. The van der Waals surface area contributed by atoms with Gasteiger partial charge in [0, 0.05) is 13.1 Å². The summed E-state index contributed by atoms with van der Waals surface area (Å²) in [6.45, 7) is 3.70. The third kappa shape index (κ3) is 4.34. The van der Waals surface area contributed by atoms with Gasteiger partial charge in [0.1, 0.15) is 11.8 Å². The second-order valence-electron chi connectivity index (χ2n) is 8.20. The molecule has 0 unspecified atom stereocenters. The molecule has 0 radical (unpaired) electrons. The van der Waals surface area contributed by atoms with Crippen LogP contribution in [0, 0.1) is 5.92 Å². The van der Waals surface area contributed by atoms with Gasteiger partial charge in [-0.05, 0) is 57.8 Å². The number of carbonyl (C=O) groups is 2. The van der Waals surface area contributed by atoms with Crippen molar-refractivity contribution in [3.8, 4) is 0 Å². The van der Waals surface area contributed by atoms with Gasteiger partial charge in [0.05, 0.1) is 17.2 Å². The van der Waals surface area contributed by atoms with Crippen LogP contribution in [-0.2, 0) is 9.53 Å². The number of carbonyl (C=O) groups excluding carboxylic acids is 2. The Bertz CT molecular complexity index is 717. The van der Waals surface area contributed by atoms with Crippen molar-refractivity contribution in [1.82, 2.24) is 15.1 Å². The molecule has 1 atom stereocenters. The van der Waals surface area contributed by atoms with Crippen LogP contribution >= 0.6 is 11.6 Å². The van der Waals surface area contributed by atoms with Crippen LogP contribution < -0.4 is 5.32 Å². The average molecular weight is 408 g/mol. The number of nitrogens with one attached hydrogen (secondary N) is 1. The lowest BCUT2D eigenvalue weighted by molar-refractivity contribution is -0.127. The first kappa shape index (κ1) is 21.1. The highest BCUT2D eigenvalue weighted by Crippen LogP contribution is 2.43. The van der Waals surface area contributed by atoms with E-state index in [0.717, 1.165) is 32.2 Å². The molecule has 1 aromatic rings. The minimum absolute atomic E-state index is 0.169. The normalized spacial score (nSPS) is 27.4. The van der Waals surface area contributed by atoms with Gasteiger partial charge in [0.25, 0.3) is 5.91 Å². The Morgan fingerprint density at radius 3 is 2.61 bits per heavy atom. The van der Waals surface area contributed by atoms with Crippen molar-refractivity contribution in [3.05, 3.63) is 34.9 Å². The molecule has 28 heavy (non-hydrogen) atoms. The fraction of sp³-hybridized carbons (Fsp3) is 0.619. The molecule has 7 heteroatoms. The first-order chi connectivity index (χ1) is 13.3. The summed E-state index contributed by atoms with van der Waals surface area (Å²) in [6, 6.07) is 6.36. The van der Waals surface area contributed by atoms with E-state index in [4.69, 9.17) is 16.3 Å². The molecule has 1 saturated carbocycles. The van der Waals surface area contributed by atoms with Gasteiger partial charge < -0.3 is 15.0 Å². The average Bonchev–Trinajstić information content (AvgIpc) is 3.03. The minimum atomic E-state index is -0.716. The van der Waals surface area contributed by atoms with Crippen molar-refractivity contribution < 1.29 is 14.3 Å². The predicted octanol–water partition coefficient (Wildman–Crippen LogP) is 2.77. The highest BCUT2D eigenvalue weighted by atomic mass is 35.5. The number of ether oxygens (including phenoxy) is 1. The van der Waals surface area contributed by atoms with Crippen molar-refractivity contribution in [3.63, 3.8) is 0 Å². The van der Waals surface area contributed by atoms with E-state index in [1.165, 1.54) is 0 Å². The highest BCUT2D eigenvalue weighted by Gasteiger charge is 2.53. The number of benzene rings is 1. The smallest absolute Gasteiger partial charge is 0.258 e. The van der Waals surface area contributed by atoms with Gasteiger partial charge in [-0.15, -0.1) is 0 Å². The Morgan fingerprint density at radius 2 is 1.96 bits per heavy atom. The number of hydrogen-bond donors (Lipinski definition) is 1. The van der Waals surface area contributed by atoms with E-state index in [1.807, 2.05) is 19.0 Å². The van der Waals surface area contributed by atoms with E-state index in [2.05, 4.69) is 12.2 Å². The van der Waals surface area contributed by atoms with Crippen LogP contribution in [0.1, 0.15) is 43.0 Å². The molecule has 154 valence electrons. The van der Waals surface area contributed by atoms with Crippen molar-refractivity contribution in [2.45, 2.75) is 44.4 Å². The molecule has 1 aliphatic heterocycles. The molecule has 2 aliphatic rings. The Hall–Kier alpha value is -1.63. The van der Waals surface area contributed by atoms with Crippen LogP contribution in [0.5, 0.6) is 0 Å². The number of hydrogen-bond acceptors (Lipinski definition) is 4. The first-order valence-electron chi connectivity index (χ1n) is 9.98. The molecule has 1 aromatic carbocycles. The Labute approximate surface area is 172 Å². The molecule has 0 bridgehead atoms. The maximum atomic E-state index is 13.5. The van der Waals surface area contributed by atoms with Crippen LogP contribution in [-0.4, -0.2) is 67.2 Å². The SMILES string of the molecule is CC1CCC2(CC1)OC[C@H](C(=O)NCCN(C)C)N2C(=O)c1ccccc1Cl. The van der Waals surface area contributed by atoms with Gasteiger partial charge in [-0.2, -0.15) is 0 Å². The molecule has 1 aliphatic carbocycles. The third-order valence-corrected chi connectivity index (χ3v) is 6.13. The van der Waals surface area contributed by atoms with Crippen LogP contribution in [0.3, 0.4) is 0 Å². The number of likely N-dealkylation sites (N-methyl/N-ethyl adjacent to an activating group) is 1. The van der Waals surface area contributed by atoms with Crippen molar-refractivity contribution in [2.24, 2.45) is 5.92 Å². The fourth-order valence-electron chi connectivity index (χ4n) is 4.07. The molecule has 1 saturated heterocycles. The Balaban J connectivity index is 1.86. The maximum Gasteiger partial charge on any atom is 0.258 e. The minimum Gasteiger partial charge on any atom is -0.353 e. The zero-order chi connectivity index (χ0) is 20.3. The summed E-state index contributed by atoms with van der Waals surface area (Å²) in [6.07, 6.45) is 3.43. The number of amides is 2. The standard InChI is InChI=1S/C21H30ClN3O3/c1-15-8-10-21(11-9-15)25(20(27)16-6-4-5-7-17(16)22)18(14-28-21)19(26)23-12-13-24(2)3/h4-7,15,18H,8-14H2,1-3H3,(H,23,26)/t15?,18-,21?/m1/s1. The molecule has 1 N–H and O–H groups in total. The largest absolute Gasteiger partial charge is 0.353 e. The lowest BCUT2D eigenvalue weighted by Gasteiger charge is -2.43. The lowest BCUT2D eigenvalue weighted by atomic mass is 9.83. The molecule has 1 spiro atoms. The molecular formula is C21H30ClN3O3. The van der Waals surface area contributed by atoms with Crippen LogP contribution in [0.25, 0.3) is 0 Å². The van der Waals surface area contributed by atoms with E-state index < -0.39 is 11.8 Å². The van der Waals surface area contributed by atoms with Gasteiger partial charge in [-0.1, -0.05) is 30.7 Å². The molecule has 2 amide bonds. The third-order valence-electron chi connectivity index (χ3n) is 5.80. The van der Waals surface area contributed by atoms with Gasteiger partial charge >= 0.3 is 0 Å². The van der Waals surface area contributed by atoms with E-state index in [-0.39, 0.29) is 18.4 Å². The summed E-state index contributed by atoms with van der Waals surface area (Å²) < 4.78 is 6.18. The van der Waals surface area contributed by atoms with Crippen LogP contribution in [0.4, 0.5) is 0 Å². The fourth-order valence-corrected chi connectivity index (χ4v) is 4.28. The first-order valence-corrected chi connectivity index (χ1v) is 10.4. The zero-order valence-corrected chi connectivity index (χ0v) is 17.7. The number of nitrogens with zero attached hydrogens (tertiary/aromatic N) is 2. The van der Waals surface area contributed by atoms with Crippen molar-refractivity contribution in [2.75, 3.05) is 33.8 Å². The van der Waals surface area contributed by atoms with Crippen molar-refractivity contribution in [1.29, 1.82) is 0 Å². The molecule has 1 heterocycles. The van der Waals surface area contributed by atoms with Gasteiger partial charge in [0.15, 0.2) is 0 Å². The van der Waals surface area contributed by atoms with Gasteiger partial charge in [0.2, 0.25) is 5.91 Å². The molecule has 6 nitrogen and oxygen atoms in total. The zero-order valence-electron chi connectivity index (χ0n) is 16.9. The monoisotopic (exact) mass is 407 g/mol. The van der Waals surface area contributed by atoms with Crippen molar-refractivity contribution >= 4 is 23.4 Å². The molecular weight excluding hydrogens is 378 g/mol. The van der Waals surface area contributed by atoms with Gasteiger partial charge in [-0.25, -0.2) is 0 Å². The summed E-state index contributed by atoms with van der Waals surface area (Å²) in [5, 5.41) is 3.34. The quantitative estimate of drug-likeness (QED) is 0.815. The highest BCUT2D eigenvalue weighted by molar-refractivity contribution is 6.33. The van der Waals surface area contributed by atoms with E-state index in [9.17, 15) is 9.59 Å². The van der Waals surface area contributed by atoms with Crippen LogP contribution in [0.15, 0.2) is 24.3 Å². The topological polar surface area (TPSA) is 61.9 Å². The van der Waals surface area contributed by atoms with Crippen LogP contribution in [0.2, 0.25) is 5.02 Å². The molecule has 0 aromatic heterocycles. The Kier molecular flexibility index (Phi) is 6.63. The van der Waals surface area contributed by atoms with E-state index in [1.54, 1.807) is 29.2 Å². The summed E-state index contributed by atoms with van der Waals surface area (Å²) in [4.78, 5) is 30.1. The lowest BCUT2D eigenvalue weighted by Crippen LogP contribution is -2.57. The molecule has 3 rings (SSSR count). The predicted molar refractivity (Wildman–Crippen MR) is 109 cm³/mol. The summed E-state index contributed by atoms with van der Waals surface area (Å²) in [5.41, 5.74) is -0.300. The second-order valence-corrected chi connectivity index (χ2v) is 8.61. The van der Waals surface area contributed by atoms with E-state index >= 15 is 0 Å². The summed E-state index contributed by atoms with van der Waals surface area (Å²) >= 11 is 6.30. The van der Waals surface area contributed by atoms with Gasteiger partial charge in [-0.3, -0.25) is 14.5 Å². The second kappa shape index (κ2) is 8.80. The summed E-state index contributed by atoms with van der Waals surface area (Å²) in [5.74, 6) is 0.197. The molecule has 2 fully saturated rings. The number of rotatable bonds is 5. The van der Waals surface area contributed by atoms with E-state index in [0.29, 0.717) is 23.0 Å². The maximum absolute atomic E-state index is 13.5. The number of halogens is 1.